The van der Waals surface area contributed by atoms with Crippen LogP contribution in [0, 0.1) is 5.92 Å². The largest absolute Gasteiger partial charge is 0.372 e. The van der Waals surface area contributed by atoms with E-state index < -0.39 is 0 Å². The minimum absolute atomic E-state index is 0.0373. The fraction of sp³-hybridized carbons (Fsp3) is 0.529. The smallest absolute Gasteiger partial charge is 0.251 e. The molecule has 0 radical (unpaired) electrons. The third-order valence-electron chi connectivity index (χ3n) is 3.71. The molecule has 0 spiro atoms. The van der Waals surface area contributed by atoms with Gasteiger partial charge in [-0.1, -0.05) is 27.2 Å². The lowest BCUT2D eigenvalue weighted by atomic mass is 10.00. The summed E-state index contributed by atoms with van der Waals surface area (Å²) in [7, 11) is 0. The van der Waals surface area contributed by atoms with Crippen LogP contribution in [0.5, 0.6) is 0 Å². The van der Waals surface area contributed by atoms with Crippen molar-refractivity contribution in [1.29, 1.82) is 0 Å². The molecule has 1 aromatic rings. The first-order valence-electron chi connectivity index (χ1n) is 8.01. The highest BCUT2D eigenvalue weighted by Gasteiger charge is 2.26. The molecule has 1 aliphatic rings. The summed E-state index contributed by atoms with van der Waals surface area (Å²) in [6.07, 6.45) is 2.79. The van der Waals surface area contributed by atoms with Crippen molar-refractivity contribution < 1.29 is 9.59 Å². The Morgan fingerprint density at radius 2 is 2.09 bits per heavy atom. The lowest BCUT2D eigenvalue weighted by molar-refractivity contribution is -0.117. The lowest BCUT2D eigenvalue weighted by Gasteiger charge is -2.28. The SMILES string of the molecule is CCCCNC(=O)c1ccc2c(c1)NC(=O)C(CC(C)C)N2. The van der Waals surface area contributed by atoms with Gasteiger partial charge in [0, 0.05) is 12.1 Å². The molecule has 5 heteroatoms. The van der Waals surface area contributed by atoms with Crippen LogP contribution in [-0.2, 0) is 4.79 Å². The van der Waals surface area contributed by atoms with Crippen LogP contribution in [0.1, 0.15) is 50.4 Å². The second kappa shape index (κ2) is 7.29. The quantitative estimate of drug-likeness (QED) is 0.708. The molecule has 3 N–H and O–H groups in total. The fourth-order valence-electron chi connectivity index (χ4n) is 2.51. The summed E-state index contributed by atoms with van der Waals surface area (Å²) in [5.41, 5.74) is 2.11. The summed E-state index contributed by atoms with van der Waals surface area (Å²) in [5, 5.41) is 9.03. The topological polar surface area (TPSA) is 70.2 Å². The number of hydrogen-bond donors (Lipinski definition) is 3. The Morgan fingerprint density at radius 1 is 1.32 bits per heavy atom. The molecule has 1 unspecified atom stereocenters. The molecule has 120 valence electrons. The predicted octanol–water partition coefficient (Wildman–Crippen LogP) is 3.00. The highest BCUT2D eigenvalue weighted by atomic mass is 16.2. The Morgan fingerprint density at radius 3 is 2.77 bits per heavy atom. The van der Waals surface area contributed by atoms with Crippen LogP contribution < -0.4 is 16.0 Å². The number of hydrogen-bond acceptors (Lipinski definition) is 3. The summed E-state index contributed by atoms with van der Waals surface area (Å²) < 4.78 is 0. The van der Waals surface area contributed by atoms with Gasteiger partial charge in [0.2, 0.25) is 5.91 Å². The molecule has 5 nitrogen and oxygen atoms in total. The van der Waals surface area contributed by atoms with E-state index in [1.807, 2.05) is 6.07 Å². The van der Waals surface area contributed by atoms with Gasteiger partial charge in [-0.25, -0.2) is 0 Å². The molecule has 0 fully saturated rings. The first kappa shape index (κ1) is 16.3. The molecule has 0 bridgehead atoms. The van der Waals surface area contributed by atoms with Crippen molar-refractivity contribution in [1.82, 2.24) is 5.32 Å². The van der Waals surface area contributed by atoms with Gasteiger partial charge in [-0.2, -0.15) is 0 Å². The number of anilines is 2. The predicted molar refractivity (Wildman–Crippen MR) is 89.2 cm³/mol. The Bertz CT molecular complexity index is 555. The number of fused-ring (bicyclic) bond motifs is 1. The van der Waals surface area contributed by atoms with E-state index in [-0.39, 0.29) is 17.9 Å². The highest BCUT2D eigenvalue weighted by Crippen LogP contribution is 2.29. The van der Waals surface area contributed by atoms with Crippen molar-refractivity contribution >= 4 is 23.2 Å². The molecular weight excluding hydrogens is 278 g/mol. The second-order valence-corrected chi connectivity index (χ2v) is 6.19. The van der Waals surface area contributed by atoms with Crippen LogP contribution in [0.2, 0.25) is 0 Å². The van der Waals surface area contributed by atoms with E-state index in [0.29, 0.717) is 23.7 Å². The summed E-state index contributed by atoms with van der Waals surface area (Å²) in [5.74, 6) is 0.299. The van der Waals surface area contributed by atoms with E-state index in [2.05, 4.69) is 36.7 Å². The first-order chi connectivity index (χ1) is 10.5. The van der Waals surface area contributed by atoms with Crippen LogP contribution in [-0.4, -0.2) is 24.4 Å². The zero-order valence-corrected chi connectivity index (χ0v) is 13.5. The van der Waals surface area contributed by atoms with E-state index >= 15 is 0 Å². The van der Waals surface area contributed by atoms with Crippen molar-refractivity contribution in [3.63, 3.8) is 0 Å². The summed E-state index contributed by atoms with van der Waals surface area (Å²) >= 11 is 0. The zero-order chi connectivity index (χ0) is 16.1. The third kappa shape index (κ3) is 4.00. The van der Waals surface area contributed by atoms with Gasteiger partial charge in [0.15, 0.2) is 0 Å². The average molecular weight is 303 g/mol. The van der Waals surface area contributed by atoms with Gasteiger partial charge in [0.05, 0.1) is 11.4 Å². The zero-order valence-electron chi connectivity index (χ0n) is 13.5. The fourth-order valence-corrected chi connectivity index (χ4v) is 2.51. The van der Waals surface area contributed by atoms with Crippen molar-refractivity contribution in [3.05, 3.63) is 23.8 Å². The summed E-state index contributed by atoms with van der Waals surface area (Å²) in [6.45, 7) is 6.94. The van der Waals surface area contributed by atoms with Gasteiger partial charge in [-0.3, -0.25) is 9.59 Å². The monoisotopic (exact) mass is 303 g/mol. The number of rotatable bonds is 6. The molecule has 1 aromatic carbocycles. The molecule has 0 saturated carbocycles. The molecule has 0 aliphatic carbocycles. The molecule has 1 atom stereocenters. The first-order valence-corrected chi connectivity index (χ1v) is 8.01. The number of unbranched alkanes of at least 4 members (excludes halogenated alkanes) is 1. The van der Waals surface area contributed by atoms with Gasteiger partial charge in [0.25, 0.3) is 5.91 Å². The normalized spacial score (nSPS) is 16.7. The van der Waals surface area contributed by atoms with E-state index in [4.69, 9.17) is 0 Å². The van der Waals surface area contributed by atoms with Crippen LogP contribution >= 0.6 is 0 Å². The molecule has 1 aliphatic heterocycles. The Hall–Kier alpha value is -2.04. The maximum absolute atomic E-state index is 12.1. The van der Waals surface area contributed by atoms with Crippen LogP contribution in [0.15, 0.2) is 18.2 Å². The minimum Gasteiger partial charge on any atom is -0.372 e. The second-order valence-electron chi connectivity index (χ2n) is 6.19. The van der Waals surface area contributed by atoms with E-state index in [0.717, 1.165) is 24.9 Å². The maximum Gasteiger partial charge on any atom is 0.251 e. The number of nitrogens with one attached hydrogen (secondary N) is 3. The van der Waals surface area contributed by atoms with Crippen LogP contribution in [0.25, 0.3) is 0 Å². The van der Waals surface area contributed by atoms with Crippen molar-refractivity contribution in [2.45, 2.75) is 46.1 Å². The van der Waals surface area contributed by atoms with Crippen molar-refractivity contribution in [3.8, 4) is 0 Å². The Kier molecular flexibility index (Phi) is 5.41. The Balaban J connectivity index is 2.08. The van der Waals surface area contributed by atoms with Gasteiger partial charge in [-0.15, -0.1) is 0 Å². The molecule has 2 rings (SSSR count). The Labute approximate surface area is 131 Å². The van der Waals surface area contributed by atoms with Gasteiger partial charge >= 0.3 is 0 Å². The van der Waals surface area contributed by atoms with Gasteiger partial charge < -0.3 is 16.0 Å². The average Bonchev–Trinajstić information content (AvgIpc) is 2.47. The number of benzene rings is 1. The molecular formula is C17H25N3O2. The molecule has 0 saturated heterocycles. The van der Waals surface area contributed by atoms with E-state index in [1.165, 1.54) is 0 Å². The van der Waals surface area contributed by atoms with Crippen molar-refractivity contribution in [2.24, 2.45) is 5.92 Å². The maximum atomic E-state index is 12.1. The van der Waals surface area contributed by atoms with Gasteiger partial charge in [-0.05, 0) is 37.0 Å². The van der Waals surface area contributed by atoms with Crippen LogP contribution in [0.3, 0.4) is 0 Å². The third-order valence-corrected chi connectivity index (χ3v) is 3.71. The van der Waals surface area contributed by atoms with E-state index in [9.17, 15) is 9.59 Å². The number of amides is 2. The lowest BCUT2D eigenvalue weighted by Crippen LogP contribution is -2.39. The standard InChI is InChI=1S/C17H25N3O2/c1-4-5-8-18-16(21)12-6-7-13-14(10-12)20-17(22)15(19-13)9-11(2)3/h6-7,10-11,15,19H,4-5,8-9H2,1-3H3,(H,18,21)(H,20,22). The molecule has 1 heterocycles. The molecule has 0 aromatic heterocycles. The number of carbonyl (C=O) groups excluding carboxylic acids is 2. The minimum atomic E-state index is -0.211. The van der Waals surface area contributed by atoms with E-state index in [1.54, 1.807) is 12.1 Å². The van der Waals surface area contributed by atoms with Crippen molar-refractivity contribution in [2.75, 3.05) is 17.2 Å². The summed E-state index contributed by atoms with van der Waals surface area (Å²) in [4.78, 5) is 24.2. The summed E-state index contributed by atoms with van der Waals surface area (Å²) in [6, 6.07) is 5.16. The molecule has 22 heavy (non-hydrogen) atoms. The molecule has 2 amide bonds. The highest BCUT2D eigenvalue weighted by molar-refractivity contribution is 6.05. The number of carbonyl (C=O) groups is 2. The van der Waals surface area contributed by atoms with Gasteiger partial charge in [0.1, 0.15) is 6.04 Å². The van der Waals surface area contributed by atoms with Crippen LogP contribution in [0.4, 0.5) is 11.4 Å².